The van der Waals surface area contributed by atoms with Gasteiger partial charge in [0.25, 0.3) is 5.91 Å². The van der Waals surface area contributed by atoms with Gasteiger partial charge in [-0.2, -0.15) is 0 Å². The van der Waals surface area contributed by atoms with Crippen LogP contribution >= 0.6 is 0 Å². The van der Waals surface area contributed by atoms with Gasteiger partial charge in [-0.25, -0.2) is 14.6 Å². The van der Waals surface area contributed by atoms with Crippen molar-refractivity contribution in [3.63, 3.8) is 0 Å². The first-order valence-corrected chi connectivity index (χ1v) is 23.0. The van der Waals surface area contributed by atoms with Crippen LogP contribution in [0.15, 0.2) is 84.9 Å². The number of urea groups is 2. The van der Waals surface area contributed by atoms with Gasteiger partial charge in [-0.05, 0) is 47.1 Å². The molecule has 7 N–H and O–H groups in total. The van der Waals surface area contributed by atoms with E-state index in [2.05, 4.69) is 41.8 Å². The lowest BCUT2D eigenvalue weighted by molar-refractivity contribution is -0.131. The number of aliphatic hydroxyl groups excluding tert-OH is 1. The SMILES string of the molecule is CC(C)[C@H](NC(=O)NCCN1CCOCC1)C(=O)NC(Cc1ccccc1)C(O)CN(Cc1ccc(OCc2ccccc2)cc1)NC(=O)[C@@H](NC(=O)NCCN1CCOCC1)C(C)C. The van der Waals surface area contributed by atoms with Crippen LogP contribution in [0, 0.1) is 11.8 Å². The van der Waals surface area contributed by atoms with E-state index < -0.39 is 48.1 Å². The molecule has 0 aromatic heterocycles. The van der Waals surface area contributed by atoms with Gasteiger partial charge < -0.3 is 45.9 Å². The van der Waals surface area contributed by atoms with E-state index in [1.165, 1.54) is 0 Å². The molecular weight excluding hydrogens is 831 g/mol. The topological polar surface area (TPSA) is 198 Å². The number of morpholine rings is 2. The van der Waals surface area contributed by atoms with Crippen molar-refractivity contribution in [3.8, 4) is 5.75 Å². The molecule has 2 aliphatic heterocycles. The van der Waals surface area contributed by atoms with Gasteiger partial charge in [0.05, 0.1) is 38.6 Å². The molecule has 2 heterocycles. The molecule has 4 atom stereocenters. The zero-order valence-corrected chi connectivity index (χ0v) is 38.5. The quantitative estimate of drug-likeness (QED) is 0.0653. The number of nitrogens with zero attached hydrogens (tertiary/aromatic N) is 3. The summed E-state index contributed by atoms with van der Waals surface area (Å²) in [6, 6.07) is 23.3. The Hall–Kier alpha value is -5.30. The molecule has 0 saturated carbocycles. The van der Waals surface area contributed by atoms with Gasteiger partial charge in [-0.15, -0.1) is 0 Å². The summed E-state index contributed by atoms with van der Waals surface area (Å²) in [6.45, 7) is 15.8. The Morgan fingerprint density at radius 2 is 1.14 bits per heavy atom. The van der Waals surface area contributed by atoms with E-state index in [4.69, 9.17) is 14.2 Å². The third-order valence-corrected chi connectivity index (χ3v) is 11.4. The Bertz CT molecular complexity index is 1860. The minimum absolute atomic E-state index is 0.103. The number of hydrazine groups is 1. The molecular formula is C48H71N9O8. The third-order valence-electron chi connectivity index (χ3n) is 11.4. The number of amides is 6. The number of carbonyl (C=O) groups is 4. The van der Waals surface area contributed by atoms with Gasteiger partial charge in [0, 0.05) is 65.4 Å². The number of rotatable bonds is 24. The first-order valence-electron chi connectivity index (χ1n) is 23.0. The first kappa shape index (κ1) is 50.7. The second kappa shape index (κ2) is 27.2. The Kier molecular flexibility index (Phi) is 21.2. The van der Waals surface area contributed by atoms with Gasteiger partial charge in [-0.3, -0.25) is 24.8 Å². The van der Waals surface area contributed by atoms with Gasteiger partial charge in [0.1, 0.15) is 24.4 Å². The van der Waals surface area contributed by atoms with Crippen molar-refractivity contribution < 1.29 is 38.5 Å². The molecule has 2 unspecified atom stereocenters. The van der Waals surface area contributed by atoms with Crippen LogP contribution in [-0.4, -0.2) is 153 Å². The van der Waals surface area contributed by atoms with Gasteiger partial charge in [0.15, 0.2) is 0 Å². The monoisotopic (exact) mass is 902 g/mol. The van der Waals surface area contributed by atoms with E-state index in [1.54, 1.807) is 5.01 Å². The van der Waals surface area contributed by atoms with E-state index in [1.807, 2.05) is 113 Å². The minimum Gasteiger partial charge on any atom is -0.489 e. The average molecular weight is 902 g/mol. The number of nitrogens with one attached hydrogen (secondary N) is 6. The largest absolute Gasteiger partial charge is 0.489 e. The van der Waals surface area contributed by atoms with Crippen LogP contribution in [0.3, 0.4) is 0 Å². The number of carbonyl (C=O) groups excluding carboxylic acids is 4. The van der Waals surface area contributed by atoms with Crippen molar-refractivity contribution in [1.29, 1.82) is 0 Å². The summed E-state index contributed by atoms with van der Waals surface area (Å²) in [4.78, 5) is 58.8. The second-order valence-electron chi connectivity index (χ2n) is 17.3. The molecule has 65 heavy (non-hydrogen) atoms. The number of ether oxygens (including phenoxy) is 3. The molecule has 0 radical (unpaired) electrons. The van der Waals surface area contributed by atoms with E-state index in [0.29, 0.717) is 65.0 Å². The van der Waals surface area contributed by atoms with Crippen molar-refractivity contribution in [2.45, 2.75) is 71.5 Å². The lowest BCUT2D eigenvalue weighted by Crippen LogP contribution is -2.60. The van der Waals surface area contributed by atoms with Crippen LogP contribution in [0.5, 0.6) is 5.75 Å². The molecule has 17 nitrogen and oxygen atoms in total. The molecule has 6 amide bonds. The Morgan fingerprint density at radius 3 is 1.65 bits per heavy atom. The van der Waals surface area contributed by atoms with Gasteiger partial charge in [-0.1, -0.05) is 100 Å². The molecule has 2 saturated heterocycles. The lowest BCUT2D eigenvalue weighted by atomic mass is 9.98. The standard InChI is InChI=1S/C48H71N9O8/c1-35(2)43(52-47(61)49-19-21-55-23-27-63-28-24-55)45(59)51-41(31-37-11-7-5-8-12-37)42(58)33-57(32-38-15-17-40(18-16-38)65-34-39-13-9-6-10-14-39)54-46(60)44(36(3)4)53-48(62)50-20-22-56-25-29-64-30-26-56/h5-18,35-36,41-44,58H,19-34H2,1-4H3,(H,51,59)(H,54,60)(H2,49,52,61)(H2,50,53,62)/t41?,42?,43-,44-/m0/s1. The molecule has 17 heteroatoms. The van der Waals surface area contributed by atoms with Crippen molar-refractivity contribution in [2.75, 3.05) is 85.3 Å². The molecule has 0 bridgehead atoms. The van der Waals surface area contributed by atoms with Crippen molar-refractivity contribution >= 4 is 23.9 Å². The normalized spacial score (nSPS) is 16.6. The van der Waals surface area contributed by atoms with Crippen LogP contribution in [0.1, 0.15) is 44.4 Å². The van der Waals surface area contributed by atoms with Crippen molar-refractivity contribution in [2.24, 2.45) is 11.8 Å². The molecule has 0 spiro atoms. The summed E-state index contributed by atoms with van der Waals surface area (Å²) in [6.07, 6.45) is -0.947. The van der Waals surface area contributed by atoms with E-state index in [-0.39, 0.29) is 31.3 Å². The summed E-state index contributed by atoms with van der Waals surface area (Å²) in [5.74, 6) is -0.807. The molecule has 3 aromatic carbocycles. The molecule has 3 aromatic rings. The number of aliphatic hydroxyl groups is 1. The van der Waals surface area contributed by atoms with Crippen molar-refractivity contribution in [3.05, 3.63) is 102 Å². The molecule has 5 rings (SSSR count). The third kappa shape index (κ3) is 18.2. The summed E-state index contributed by atoms with van der Waals surface area (Å²) in [5, 5.41) is 28.2. The highest BCUT2D eigenvalue weighted by molar-refractivity contribution is 5.88. The predicted octanol–water partition coefficient (Wildman–Crippen LogP) is 2.50. The predicted molar refractivity (Wildman–Crippen MR) is 249 cm³/mol. The maximum Gasteiger partial charge on any atom is 0.315 e. The highest BCUT2D eigenvalue weighted by Gasteiger charge is 2.32. The molecule has 0 aliphatic carbocycles. The fraction of sp³-hybridized carbons (Fsp3) is 0.542. The fourth-order valence-electron chi connectivity index (χ4n) is 7.56. The van der Waals surface area contributed by atoms with Gasteiger partial charge in [0.2, 0.25) is 5.91 Å². The highest BCUT2D eigenvalue weighted by atomic mass is 16.5. The van der Waals surface area contributed by atoms with Crippen LogP contribution < -0.4 is 36.7 Å². The molecule has 356 valence electrons. The number of benzene rings is 3. The van der Waals surface area contributed by atoms with Crippen LogP contribution in [-0.2, 0) is 38.6 Å². The summed E-state index contributed by atoms with van der Waals surface area (Å²) in [7, 11) is 0. The lowest BCUT2D eigenvalue weighted by Gasteiger charge is -2.33. The maximum atomic E-state index is 14.1. The number of hydrogen-bond acceptors (Lipinski definition) is 11. The number of hydrogen-bond donors (Lipinski definition) is 7. The highest BCUT2D eigenvalue weighted by Crippen LogP contribution is 2.17. The zero-order chi connectivity index (χ0) is 46.4. The average Bonchev–Trinajstić information content (AvgIpc) is 3.30. The van der Waals surface area contributed by atoms with E-state index in [0.717, 1.165) is 42.9 Å². The van der Waals surface area contributed by atoms with Crippen LogP contribution in [0.4, 0.5) is 9.59 Å². The van der Waals surface area contributed by atoms with Gasteiger partial charge >= 0.3 is 12.1 Å². The Morgan fingerprint density at radius 1 is 0.646 bits per heavy atom. The van der Waals surface area contributed by atoms with Crippen LogP contribution in [0.25, 0.3) is 0 Å². The zero-order valence-electron chi connectivity index (χ0n) is 38.5. The van der Waals surface area contributed by atoms with Crippen LogP contribution in [0.2, 0.25) is 0 Å². The second-order valence-corrected chi connectivity index (χ2v) is 17.3. The smallest absolute Gasteiger partial charge is 0.315 e. The summed E-state index contributed by atoms with van der Waals surface area (Å²) < 4.78 is 16.8. The first-order chi connectivity index (χ1) is 31.4. The van der Waals surface area contributed by atoms with E-state index in [9.17, 15) is 24.3 Å². The maximum absolute atomic E-state index is 14.1. The Labute approximate surface area is 384 Å². The fourth-order valence-corrected chi connectivity index (χ4v) is 7.56. The molecule has 2 aliphatic rings. The van der Waals surface area contributed by atoms with E-state index >= 15 is 0 Å². The summed E-state index contributed by atoms with van der Waals surface area (Å²) in [5.41, 5.74) is 5.71. The summed E-state index contributed by atoms with van der Waals surface area (Å²) >= 11 is 0. The Balaban J connectivity index is 1.29. The molecule has 2 fully saturated rings. The van der Waals surface area contributed by atoms with Crippen molar-refractivity contribution in [1.82, 2.24) is 46.8 Å². The minimum atomic E-state index is -1.21.